The van der Waals surface area contributed by atoms with Gasteiger partial charge in [-0.25, -0.2) is 58.6 Å². The van der Waals surface area contributed by atoms with Gasteiger partial charge in [0, 0.05) is 23.6 Å². The Morgan fingerprint density at radius 3 is 1.06 bits per heavy atom. The summed E-state index contributed by atoms with van der Waals surface area (Å²) in [7, 11) is 0. The van der Waals surface area contributed by atoms with Crippen molar-refractivity contribution in [3.8, 4) is 0 Å². The molecule has 3 heterocycles. The maximum Gasteiger partial charge on any atom is 0.425 e. The second-order valence-corrected chi connectivity index (χ2v) is 20.6. The van der Waals surface area contributed by atoms with E-state index >= 15 is 0 Å². The topological polar surface area (TPSA) is 258 Å². The van der Waals surface area contributed by atoms with Crippen molar-refractivity contribution in [1.82, 2.24) is 24.2 Å². The van der Waals surface area contributed by atoms with Gasteiger partial charge >= 0.3 is 30.3 Å². The van der Waals surface area contributed by atoms with Crippen LogP contribution in [0.1, 0.15) is 117 Å². The highest BCUT2D eigenvalue weighted by atomic mass is 17.1. The lowest BCUT2D eigenvalue weighted by Gasteiger charge is -2.38. The number of benzene rings is 1. The van der Waals surface area contributed by atoms with Gasteiger partial charge in [0.25, 0.3) is 23.6 Å². The summed E-state index contributed by atoms with van der Waals surface area (Å²) < 4.78 is 17.0. The fraction of sp³-hybridized carbons (Fsp3) is 0.558. The highest BCUT2D eigenvalue weighted by Gasteiger charge is 2.54. The molecule has 10 amide bonds. The molecule has 2 aromatic rings. The molecule has 2 atom stereocenters. The normalized spacial score (nSPS) is 18.8. The first-order valence-electron chi connectivity index (χ1n) is 20.2. The van der Waals surface area contributed by atoms with Crippen LogP contribution in [0.2, 0.25) is 0 Å². The number of imide groups is 8. The molecular formula is C43H57N5O16. The molecule has 0 bridgehead atoms. The van der Waals surface area contributed by atoms with E-state index in [0.717, 1.165) is 0 Å². The summed E-state index contributed by atoms with van der Waals surface area (Å²) in [6, 6.07) is 2.11. The van der Waals surface area contributed by atoms with Gasteiger partial charge in [-0.05, 0) is 73.1 Å². The molecule has 0 aliphatic carbocycles. The average molecular weight is 900 g/mol. The number of barbiturate groups is 2. The predicted octanol–water partition coefficient (Wildman–Crippen LogP) is 5.68. The molecule has 1 aromatic carbocycles. The van der Waals surface area contributed by atoms with E-state index in [4.69, 9.17) is 14.2 Å². The van der Waals surface area contributed by atoms with Crippen molar-refractivity contribution in [1.29, 1.82) is 0 Å². The molecule has 4 rings (SSSR count). The van der Waals surface area contributed by atoms with Crippen molar-refractivity contribution in [2.24, 2.45) is 10.8 Å². The molecule has 2 fully saturated rings. The summed E-state index contributed by atoms with van der Waals surface area (Å²) in [5, 5.41) is 18.3. The Hall–Kier alpha value is -6.03. The zero-order valence-corrected chi connectivity index (χ0v) is 38.7. The Morgan fingerprint density at radius 2 is 0.797 bits per heavy atom. The van der Waals surface area contributed by atoms with Crippen LogP contribution in [0, 0.1) is 10.8 Å². The fourth-order valence-electron chi connectivity index (χ4n) is 6.69. The van der Waals surface area contributed by atoms with E-state index in [2.05, 4.69) is 9.78 Å². The van der Waals surface area contributed by atoms with Crippen LogP contribution in [0.5, 0.6) is 0 Å². The van der Waals surface area contributed by atoms with E-state index in [1.807, 2.05) is 0 Å². The third-order valence-electron chi connectivity index (χ3n) is 8.97. The van der Waals surface area contributed by atoms with Gasteiger partial charge < -0.3 is 14.2 Å². The molecule has 21 heteroatoms. The molecule has 2 unspecified atom stereocenters. The minimum Gasteiger partial charge on any atom is -0.443 e. The van der Waals surface area contributed by atoms with Crippen LogP contribution in [0.4, 0.5) is 24.0 Å². The van der Waals surface area contributed by atoms with Gasteiger partial charge in [-0.2, -0.15) is 9.80 Å². The van der Waals surface area contributed by atoms with Gasteiger partial charge in [0.05, 0.1) is 10.7 Å². The van der Waals surface area contributed by atoms with E-state index in [9.17, 15) is 53.7 Å². The van der Waals surface area contributed by atoms with Crippen molar-refractivity contribution in [3.63, 3.8) is 0 Å². The number of urea groups is 2. The van der Waals surface area contributed by atoms with E-state index in [0.29, 0.717) is 4.57 Å². The van der Waals surface area contributed by atoms with E-state index in [1.54, 1.807) is 41.5 Å². The second-order valence-electron chi connectivity index (χ2n) is 20.6. The standard InChI is InChI=1S/C43H57N5O16/c1-39(2,3)20-24(63-58)44-30(49)26(32(51)47(34(44)53)37(56)61-42(10,11)12)28-22-18-16-17-19-23(22)29(46(28)36(55)60-41(7,8)9)27-31(50)45(25(64-59)21-40(4,5)6)35(54)48(33(27)52)38(57)62-43(13,14)15/h16-19,24-25,58-59H,20-21H2,1-15H3/b28-26-,29-27-. The van der Waals surface area contributed by atoms with Crippen molar-refractivity contribution < 1.29 is 77.7 Å². The third kappa shape index (κ3) is 10.7. The second kappa shape index (κ2) is 17.5. The Morgan fingerprint density at radius 1 is 0.500 bits per heavy atom. The molecule has 1 aromatic heterocycles. The smallest absolute Gasteiger partial charge is 0.425 e. The van der Waals surface area contributed by atoms with Crippen LogP contribution in [0.3, 0.4) is 0 Å². The van der Waals surface area contributed by atoms with E-state index < -0.39 is 116 Å². The quantitative estimate of drug-likeness (QED) is 0.201. The number of amides is 10. The molecule has 64 heavy (non-hydrogen) atoms. The SMILES string of the molecule is CC(C)(C)CC(OO)N1C(=O)/C(=c2\c3ccccc3/c(=C3/C(=O)N(C(=O)OC(C)(C)C)C(=O)N(C(CC(C)(C)C)OO)C3=O)n2C(=O)OC(C)(C)C)C(=O)N(C(=O)OC(C)(C)C)C1=O. The summed E-state index contributed by atoms with van der Waals surface area (Å²) in [6.45, 7) is 23.0. The molecule has 21 nitrogen and oxygen atoms in total. The molecule has 2 aliphatic heterocycles. The van der Waals surface area contributed by atoms with Gasteiger partial charge in [0.15, 0.2) is 12.5 Å². The van der Waals surface area contributed by atoms with Crippen LogP contribution >= 0.6 is 0 Å². The molecule has 0 radical (unpaired) electrons. The van der Waals surface area contributed by atoms with Gasteiger partial charge in [0.2, 0.25) is 0 Å². The van der Waals surface area contributed by atoms with Crippen molar-refractivity contribution in [2.45, 2.75) is 146 Å². The maximum absolute atomic E-state index is 14.9. The number of hydrogen-bond donors (Lipinski definition) is 2. The molecule has 2 saturated heterocycles. The molecular weight excluding hydrogens is 842 g/mol. The summed E-state index contributed by atoms with van der Waals surface area (Å²) in [5.41, 5.74) is -7.88. The maximum atomic E-state index is 14.9. The minimum absolute atomic E-state index is 0.0398. The number of ether oxygens (including phenoxy) is 3. The number of fused-ring (bicyclic) bond motifs is 1. The van der Waals surface area contributed by atoms with Crippen LogP contribution in [-0.4, -0.2) is 118 Å². The van der Waals surface area contributed by atoms with Crippen molar-refractivity contribution >= 4 is 75.9 Å². The number of rotatable bonds is 6. The number of carbonyl (C=O) groups is 9. The molecule has 350 valence electrons. The van der Waals surface area contributed by atoms with Gasteiger partial charge in [0.1, 0.15) is 27.9 Å². The first-order valence-corrected chi connectivity index (χ1v) is 20.2. The van der Waals surface area contributed by atoms with Gasteiger partial charge in [-0.15, -0.1) is 0 Å². The van der Waals surface area contributed by atoms with E-state index in [-0.39, 0.29) is 43.2 Å². The number of carbonyl (C=O) groups excluding carboxylic acids is 9. The Bertz CT molecular complexity index is 2280. The first kappa shape index (κ1) is 50.6. The van der Waals surface area contributed by atoms with Crippen molar-refractivity contribution in [3.05, 3.63) is 35.0 Å². The number of hydrogen-bond acceptors (Lipinski definition) is 16. The van der Waals surface area contributed by atoms with Crippen molar-refractivity contribution in [2.75, 3.05) is 0 Å². The lowest BCUT2D eigenvalue weighted by molar-refractivity contribution is -0.308. The lowest BCUT2D eigenvalue weighted by atomic mass is 9.90. The largest absolute Gasteiger partial charge is 0.443 e. The minimum atomic E-state index is -1.88. The number of aromatic nitrogens is 1. The molecule has 0 saturated carbocycles. The zero-order chi connectivity index (χ0) is 49.0. The monoisotopic (exact) mass is 899 g/mol. The molecule has 2 N–H and O–H groups in total. The summed E-state index contributed by atoms with van der Waals surface area (Å²) in [5.74, 6) is -6.33. The Labute approximate surface area is 368 Å². The van der Waals surface area contributed by atoms with E-state index in [1.165, 1.54) is 86.6 Å². The fourth-order valence-corrected chi connectivity index (χ4v) is 6.69. The van der Waals surface area contributed by atoms with Gasteiger partial charge in [-0.3, -0.25) is 19.2 Å². The summed E-state index contributed by atoms with van der Waals surface area (Å²) in [4.78, 5) is 140. The first-order chi connectivity index (χ1) is 29.1. The molecule has 0 spiro atoms. The Kier molecular flexibility index (Phi) is 13.8. The van der Waals surface area contributed by atoms with Gasteiger partial charge in [-0.1, -0.05) is 65.8 Å². The number of nitrogens with zero attached hydrogens (tertiary/aromatic N) is 5. The summed E-state index contributed by atoms with van der Waals surface area (Å²) >= 11 is 0. The predicted molar refractivity (Wildman–Crippen MR) is 223 cm³/mol. The highest BCUT2D eigenvalue weighted by molar-refractivity contribution is 6.50. The van der Waals surface area contributed by atoms with Crippen LogP contribution in [0.25, 0.3) is 21.9 Å². The Balaban J connectivity index is 2.40. The van der Waals surface area contributed by atoms with Crippen LogP contribution in [-0.2, 0) is 43.2 Å². The average Bonchev–Trinajstić information content (AvgIpc) is 3.41. The highest BCUT2D eigenvalue weighted by Crippen LogP contribution is 2.32. The van der Waals surface area contributed by atoms with Crippen LogP contribution < -0.4 is 10.7 Å². The zero-order valence-electron chi connectivity index (χ0n) is 38.7. The van der Waals surface area contributed by atoms with Crippen LogP contribution in [0.15, 0.2) is 24.3 Å². The third-order valence-corrected chi connectivity index (χ3v) is 8.97. The summed E-state index contributed by atoms with van der Waals surface area (Å²) in [6.07, 6.45) is -8.92. The lowest BCUT2D eigenvalue weighted by Crippen LogP contribution is -2.64. The molecule has 2 aliphatic rings.